The smallest absolute Gasteiger partial charge is 0.0772 e. The van der Waals surface area contributed by atoms with E-state index >= 15 is 0 Å². The second-order valence-corrected chi connectivity index (χ2v) is 5.24. The van der Waals surface area contributed by atoms with Gasteiger partial charge in [0, 0.05) is 84.7 Å². The molecule has 0 aromatic heterocycles. The summed E-state index contributed by atoms with van der Waals surface area (Å²) in [5.74, 6) is 0. The van der Waals surface area contributed by atoms with Crippen molar-refractivity contribution in [2.45, 2.75) is 13.2 Å². The van der Waals surface area contributed by atoms with E-state index < -0.39 is 0 Å². The molecule has 0 spiro atoms. The quantitative estimate of drug-likeness (QED) is 0.202. The SMILES string of the molecule is BBBBBBBBBBBBBBCC. The van der Waals surface area contributed by atoms with Crippen molar-refractivity contribution in [3.63, 3.8) is 0 Å². The molecule has 70 valence electrons. The molecule has 0 saturated heterocycles. The van der Waals surface area contributed by atoms with Crippen LogP contribution in [0.25, 0.3) is 0 Å². The Morgan fingerprint density at radius 1 is 0.625 bits per heavy atom. The molecule has 0 aromatic carbocycles. The Labute approximate surface area is 113 Å². The van der Waals surface area contributed by atoms with Crippen molar-refractivity contribution in [1.29, 1.82) is 0 Å². The molecule has 0 rings (SSSR count). The zero-order valence-corrected chi connectivity index (χ0v) is 11.9. The molecule has 0 aliphatic rings. The van der Waals surface area contributed by atoms with Crippen molar-refractivity contribution >= 4 is 99.6 Å². The maximum atomic E-state index is 2.29. The molecular weight excluding hydrogens is 175 g/mol. The summed E-state index contributed by atoms with van der Waals surface area (Å²) in [5, 5.41) is 0. The Hall–Kier alpha value is 0.909. The minimum Gasteiger partial charge on any atom is -0.0881 e. The van der Waals surface area contributed by atoms with E-state index in [1.807, 2.05) is 0 Å². The van der Waals surface area contributed by atoms with E-state index in [-0.39, 0.29) is 0 Å². The van der Waals surface area contributed by atoms with E-state index in [0.29, 0.717) is 0 Å². The Morgan fingerprint density at radius 3 is 1.38 bits per heavy atom. The lowest BCUT2D eigenvalue weighted by molar-refractivity contribution is 1.47. The minimum absolute atomic E-state index is 1.37. The highest BCUT2D eigenvalue weighted by molar-refractivity contribution is 7.72. The highest BCUT2D eigenvalue weighted by atomic mass is 13.3. The van der Waals surface area contributed by atoms with Gasteiger partial charge in [-0.2, -0.15) is 0 Å². The summed E-state index contributed by atoms with van der Waals surface area (Å²) in [7, 11) is 21.3. The predicted molar refractivity (Wildman–Crippen MR) is 112 cm³/mol. The summed E-state index contributed by atoms with van der Waals surface area (Å²) in [6.45, 7) is 2.29. The number of hydrogen-bond acceptors (Lipinski definition) is 0. The molecule has 0 aliphatic carbocycles. The van der Waals surface area contributed by atoms with Crippen LogP contribution in [-0.4, -0.2) is 99.6 Å². The van der Waals surface area contributed by atoms with Crippen molar-refractivity contribution in [3.8, 4) is 0 Å². The molecule has 16 heavy (non-hydrogen) atoms. The third kappa shape index (κ3) is 14.9. The van der Waals surface area contributed by atoms with Gasteiger partial charge in [0.2, 0.25) is 0 Å². The zero-order chi connectivity index (χ0) is 11.9. The van der Waals surface area contributed by atoms with Crippen LogP contribution in [-0.2, 0) is 0 Å². The van der Waals surface area contributed by atoms with Gasteiger partial charge in [0.05, 0.1) is 14.9 Å². The molecule has 14 heteroatoms. The van der Waals surface area contributed by atoms with Crippen molar-refractivity contribution in [1.82, 2.24) is 0 Å². The van der Waals surface area contributed by atoms with Crippen LogP contribution in [0.15, 0.2) is 0 Å². The summed E-state index contributed by atoms with van der Waals surface area (Å²) in [6.07, 6.45) is 1.37. The Bertz CT molecular complexity index is 101. The standard InChI is InChI=1S/C2H20B14/c1-2-4-6-8-10-12-14-16-15-13-11-9-7-5-3/h4-16H,2-3H2,1H3. The van der Waals surface area contributed by atoms with E-state index in [4.69, 9.17) is 0 Å². The van der Waals surface area contributed by atoms with Gasteiger partial charge in [-0.3, -0.25) is 0 Å². The molecule has 0 amide bonds. The van der Waals surface area contributed by atoms with Crippen molar-refractivity contribution in [3.05, 3.63) is 0 Å². The molecule has 0 nitrogen and oxygen atoms in total. The topological polar surface area (TPSA) is 0 Å². The van der Waals surface area contributed by atoms with E-state index in [9.17, 15) is 0 Å². The van der Waals surface area contributed by atoms with Gasteiger partial charge in [0.1, 0.15) is 0 Å². The Balaban J connectivity index is 2.83. The maximum Gasteiger partial charge on any atom is 0.0772 e. The number of rotatable bonds is 13. The molecular formula is C2H20B14. The van der Waals surface area contributed by atoms with E-state index in [1.54, 1.807) is 0 Å². The fourth-order valence-electron chi connectivity index (χ4n) is 2.27. The summed E-state index contributed by atoms with van der Waals surface area (Å²) in [4.78, 5) is 0. The van der Waals surface area contributed by atoms with E-state index in [0.717, 1.165) is 0 Å². The largest absolute Gasteiger partial charge is 0.0881 e. The second kappa shape index (κ2) is 15.9. The fourth-order valence-corrected chi connectivity index (χ4v) is 2.27. The highest BCUT2D eigenvalue weighted by Crippen LogP contribution is 1.68. The van der Waals surface area contributed by atoms with Crippen LogP contribution in [0.5, 0.6) is 0 Å². The minimum atomic E-state index is 1.37. The molecule has 0 atom stereocenters. The average Bonchev–Trinajstić information content (AvgIpc) is 2.31. The van der Waals surface area contributed by atoms with Gasteiger partial charge in [-0.25, -0.2) is 0 Å². The lowest BCUT2D eigenvalue weighted by atomic mass is 8.85. The first kappa shape index (κ1) is 16.9. The van der Waals surface area contributed by atoms with Crippen molar-refractivity contribution in [2.24, 2.45) is 0 Å². The lowest BCUT2D eigenvalue weighted by Gasteiger charge is -1.93. The summed E-state index contributed by atoms with van der Waals surface area (Å²) >= 11 is 0. The molecule has 0 bridgehead atoms. The van der Waals surface area contributed by atoms with E-state index in [1.165, 1.54) is 98.2 Å². The Kier molecular flexibility index (Phi) is 16.8. The number of hydrogen-bond donors (Lipinski definition) is 0. The molecule has 0 aliphatic heterocycles. The molecule has 0 fully saturated rings. The summed E-state index contributed by atoms with van der Waals surface area (Å²) in [6, 6.07) is 0. The zero-order valence-electron chi connectivity index (χ0n) is 11.9. The fraction of sp³-hybridized carbons (Fsp3) is 1.00. The predicted octanol–water partition coefficient (Wildman–Crippen LogP) is -8.37. The van der Waals surface area contributed by atoms with Crippen LogP contribution in [0.4, 0.5) is 0 Å². The van der Waals surface area contributed by atoms with Gasteiger partial charge in [-0.15, -0.1) is 0 Å². The van der Waals surface area contributed by atoms with Crippen LogP contribution in [0.2, 0.25) is 6.32 Å². The van der Waals surface area contributed by atoms with Gasteiger partial charge >= 0.3 is 0 Å². The van der Waals surface area contributed by atoms with Crippen molar-refractivity contribution < 1.29 is 0 Å². The van der Waals surface area contributed by atoms with Gasteiger partial charge in [0.25, 0.3) is 0 Å². The van der Waals surface area contributed by atoms with Gasteiger partial charge in [-0.1, -0.05) is 13.2 Å². The van der Waals surface area contributed by atoms with Crippen molar-refractivity contribution in [2.75, 3.05) is 0 Å². The average molecular weight is 196 g/mol. The van der Waals surface area contributed by atoms with Crippen LogP contribution in [0.3, 0.4) is 0 Å². The highest BCUT2D eigenvalue weighted by Gasteiger charge is 2.01. The van der Waals surface area contributed by atoms with E-state index in [2.05, 4.69) is 14.7 Å². The third-order valence-corrected chi connectivity index (χ3v) is 3.46. The first-order chi connectivity index (χ1) is 7.91. The normalized spacial score (nSPS) is 7.56. The van der Waals surface area contributed by atoms with Crippen LogP contribution < -0.4 is 0 Å². The molecule has 0 N–H and O–H groups in total. The van der Waals surface area contributed by atoms with Crippen LogP contribution in [0, 0.1) is 0 Å². The first-order valence-corrected chi connectivity index (χ1v) is 7.91. The maximum absolute atomic E-state index is 2.29. The third-order valence-electron chi connectivity index (χ3n) is 3.46. The first-order valence-electron chi connectivity index (χ1n) is 7.91. The Morgan fingerprint density at radius 2 is 1.00 bits per heavy atom. The molecule has 0 saturated carbocycles. The molecule has 0 aromatic rings. The molecule has 0 radical (unpaired) electrons. The second-order valence-electron chi connectivity index (χ2n) is 5.24. The van der Waals surface area contributed by atoms with Gasteiger partial charge in [-0.05, 0) is 0 Å². The van der Waals surface area contributed by atoms with Crippen LogP contribution in [0.1, 0.15) is 6.92 Å². The summed E-state index contributed by atoms with van der Waals surface area (Å²) < 4.78 is 0. The van der Waals surface area contributed by atoms with Crippen LogP contribution >= 0.6 is 0 Å². The molecule has 0 unspecified atom stereocenters. The lowest BCUT2D eigenvalue weighted by Crippen LogP contribution is -2.34. The van der Waals surface area contributed by atoms with Gasteiger partial charge < -0.3 is 0 Å². The molecule has 0 heterocycles. The van der Waals surface area contributed by atoms with Gasteiger partial charge in [0.15, 0.2) is 0 Å². The monoisotopic (exact) mass is 198 g/mol. The summed E-state index contributed by atoms with van der Waals surface area (Å²) in [5.41, 5.74) is 0.